The second-order valence-corrected chi connectivity index (χ2v) is 6.78. The van der Waals surface area contributed by atoms with E-state index in [9.17, 15) is 19.1 Å². The number of aryl methyl sites for hydroxylation is 1. The van der Waals surface area contributed by atoms with E-state index in [-0.39, 0.29) is 17.8 Å². The summed E-state index contributed by atoms with van der Waals surface area (Å²) in [5.74, 6) is -1.31. The van der Waals surface area contributed by atoms with Crippen molar-refractivity contribution >= 4 is 11.9 Å². The van der Waals surface area contributed by atoms with Crippen molar-refractivity contribution in [3.63, 3.8) is 0 Å². The zero-order chi connectivity index (χ0) is 18.6. The van der Waals surface area contributed by atoms with E-state index < -0.39 is 12.0 Å². The minimum atomic E-state index is -0.947. The van der Waals surface area contributed by atoms with Crippen molar-refractivity contribution in [2.45, 2.75) is 32.9 Å². The molecule has 1 amide bonds. The maximum absolute atomic E-state index is 13.5. The fraction of sp³-hybridized carbons (Fsp3) is 0.556. The van der Waals surface area contributed by atoms with Gasteiger partial charge in [0.25, 0.3) is 0 Å². The zero-order valence-electron chi connectivity index (χ0n) is 15.0. The van der Waals surface area contributed by atoms with Crippen LogP contribution in [0.1, 0.15) is 31.0 Å². The molecule has 2 rings (SSSR count). The first-order valence-corrected chi connectivity index (χ1v) is 8.52. The maximum Gasteiger partial charge on any atom is 0.325 e. The van der Waals surface area contributed by atoms with Crippen LogP contribution < -0.4 is 5.32 Å². The fourth-order valence-corrected chi connectivity index (χ4v) is 3.10. The lowest BCUT2D eigenvalue weighted by Crippen LogP contribution is -2.51. The number of carbonyl (C=O) groups excluding carboxylic acids is 1. The highest BCUT2D eigenvalue weighted by Crippen LogP contribution is 2.24. The van der Waals surface area contributed by atoms with Gasteiger partial charge < -0.3 is 10.4 Å². The minimum absolute atomic E-state index is 0.0209. The van der Waals surface area contributed by atoms with Crippen molar-refractivity contribution in [2.24, 2.45) is 0 Å². The molecule has 0 bridgehead atoms. The van der Waals surface area contributed by atoms with Crippen LogP contribution in [0.3, 0.4) is 0 Å². The maximum atomic E-state index is 13.5. The van der Waals surface area contributed by atoms with Crippen LogP contribution in [0.4, 0.5) is 4.39 Å². The van der Waals surface area contributed by atoms with E-state index in [4.69, 9.17) is 0 Å². The second kappa shape index (κ2) is 8.40. The number of benzene rings is 1. The summed E-state index contributed by atoms with van der Waals surface area (Å²) in [5.41, 5.74) is 1.02. The molecule has 1 aromatic rings. The molecule has 7 heteroatoms. The van der Waals surface area contributed by atoms with Gasteiger partial charge in [-0.25, -0.2) is 4.39 Å². The van der Waals surface area contributed by atoms with Crippen LogP contribution in [0.15, 0.2) is 18.2 Å². The summed E-state index contributed by atoms with van der Waals surface area (Å²) in [7, 11) is 0. The lowest BCUT2D eigenvalue weighted by atomic mass is 10.0. The number of carboxylic acid groups (broad SMARTS) is 1. The first kappa shape index (κ1) is 19.3. The number of halogens is 1. The molecule has 1 fully saturated rings. The summed E-state index contributed by atoms with van der Waals surface area (Å²) in [6.07, 6.45) is 0. The van der Waals surface area contributed by atoms with Crippen LogP contribution in [0.2, 0.25) is 0 Å². The number of piperazine rings is 1. The molecule has 1 saturated heterocycles. The Kier molecular flexibility index (Phi) is 6.50. The van der Waals surface area contributed by atoms with Crippen molar-refractivity contribution in [1.82, 2.24) is 15.1 Å². The first-order valence-electron chi connectivity index (χ1n) is 8.52. The number of hydrogen-bond donors (Lipinski definition) is 2. The Hall–Kier alpha value is -1.99. The molecule has 138 valence electrons. The molecule has 1 aliphatic rings. The summed E-state index contributed by atoms with van der Waals surface area (Å²) in [5, 5.41) is 12.5. The number of carbonyl (C=O) groups is 2. The molecule has 6 nitrogen and oxygen atoms in total. The molecular weight excluding hydrogens is 325 g/mol. The van der Waals surface area contributed by atoms with Crippen LogP contribution in [0, 0.1) is 12.7 Å². The highest BCUT2D eigenvalue weighted by Gasteiger charge is 2.31. The second-order valence-electron chi connectivity index (χ2n) is 6.78. The van der Waals surface area contributed by atoms with Crippen LogP contribution in [-0.2, 0) is 9.59 Å². The van der Waals surface area contributed by atoms with Gasteiger partial charge in [0.2, 0.25) is 5.91 Å². The van der Waals surface area contributed by atoms with Gasteiger partial charge >= 0.3 is 5.97 Å². The predicted molar refractivity (Wildman–Crippen MR) is 92.8 cm³/mol. The van der Waals surface area contributed by atoms with Crippen LogP contribution >= 0.6 is 0 Å². The third kappa shape index (κ3) is 5.24. The Labute approximate surface area is 147 Å². The van der Waals surface area contributed by atoms with E-state index in [1.807, 2.05) is 23.6 Å². The average molecular weight is 351 g/mol. The average Bonchev–Trinajstić information content (AvgIpc) is 2.51. The smallest absolute Gasteiger partial charge is 0.325 e. The normalized spacial score (nSPS) is 17.5. The Morgan fingerprint density at radius 1 is 1.24 bits per heavy atom. The largest absolute Gasteiger partial charge is 0.480 e. The molecule has 0 saturated carbocycles. The highest BCUT2D eigenvalue weighted by atomic mass is 19.1. The summed E-state index contributed by atoms with van der Waals surface area (Å²) in [6, 6.07) is 3.74. The lowest BCUT2D eigenvalue weighted by Gasteiger charge is -2.37. The van der Waals surface area contributed by atoms with Gasteiger partial charge in [-0.15, -0.1) is 0 Å². The molecule has 0 unspecified atom stereocenters. The standard InChI is InChI=1S/C18H26FN3O3/c1-12(2)20-16(23)11-21-6-8-22(9-7-21)17(18(24)25)14-4-5-15(19)13(3)10-14/h4-5,10,12,17H,6-9,11H2,1-3H3,(H,20,23)(H,24,25)/t17-/m1/s1. The predicted octanol–water partition coefficient (Wildman–Crippen LogP) is 1.40. The third-order valence-electron chi connectivity index (χ3n) is 4.32. The first-order chi connectivity index (χ1) is 11.8. The highest BCUT2D eigenvalue weighted by molar-refractivity contribution is 5.78. The van der Waals surface area contributed by atoms with Crippen molar-refractivity contribution in [3.8, 4) is 0 Å². The van der Waals surface area contributed by atoms with Gasteiger partial charge in [0.05, 0.1) is 6.54 Å². The Morgan fingerprint density at radius 3 is 2.40 bits per heavy atom. The van der Waals surface area contributed by atoms with E-state index in [1.165, 1.54) is 12.1 Å². The van der Waals surface area contributed by atoms with E-state index >= 15 is 0 Å². The van der Waals surface area contributed by atoms with Gasteiger partial charge in [-0.1, -0.05) is 12.1 Å². The number of carboxylic acids is 1. The summed E-state index contributed by atoms with van der Waals surface area (Å²) < 4.78 is 13.5. The third-order valence-corrected chi connectivity index (χ3v) is 4.32. The van der Waals surface area contributed by atoms with Crippen LogP contribution in [0.5, 0.6) is 0 Å². The van der Waals surface area contributed by atoms with Crippen molar-refractivity contribution in [2.75, 3.05) is 32.7 Å². The van der Waals surface area contributed by atoms with E-state index in [1.54, 1.807) is 13.0 Å². The number of rotatable bonds is 6. The number of aliphatic carboxylic acids is 1. The zero-order valence-corrected chi connectivity index (χ0v) is 15.0. The molecule has 1 atom stereocenters. The van der Waals surface area contributed by atoms with E-state index in [0.717, 1.165) is 0 Å². The van der Waals surface area contributed by atoms with Crippen LogP contribution in [-0.4, -0.2) is 65.5 Å². The van der Waals surface area contributed by atoms with Crippen LogP contribution in [0.25, 0.3) is 0 Å². The topological polar surface area (TPSA) is 72.9 Å². The number of nitrogens with zero attached hydrogens (tertiary/aromatic N) is 2. The molecule has 0 aliphatic carbocycles. The molecule has 2 N–H and O–H groups in total. The van der Waals surface area contributed by atoms with Gasteiger partial charge in [0.15, 0.2) is 0 Å². The van der Waals surface area contributed by atoms with Gasteiger partial charge in [-0.3, -0.25) is 19.4 Å². The molecule has 0 radical (unpaired) electrons. The van der Waals surface area contributed by atoms with E-state index in [0.29, 0.717) is 43.9 Å². The summed E-state index contributed by atoms with van der Waals surface area (Å²) >= 11 is 0. The molecule has 0 spiro atoms. The molecule has 25 heavy (non-hydrogen) atoms. The minimum Gasteiger partial charge on any atom is -0.480 e. The lowest BCUT2D eigenvalue weighted by molar-refractivity contribution is -0.144. The van der Waals surface area contributed by atoms with Gasteiger partial charge in [0, 0.05) is 32.2 Å². The van der Waals surface area contributed by atoms with Gasteiger partial charge in [0.1, 0.15) is 11.9 Å². The molecule has 1 aromatic carbocycles. The molecule has 0 aromatic heterocycles. The molecule has 1 heterocycles. The number of nitrogens with one attached hydrogen (secondary N) is 1. The van der Waals surface area contributed by atoms with E-state index in [2.05, 4.69) is 5.32 Å². The Bertz CT molecular complexity index is 628. The molecule has 1 aliphatic heterocycles. The number of hydrogen-bond acceptors (Lipinski definition) is 4. The van der Waals surface area contributed by atoms with Crippen molar-refractivity contribution in [1.29, 1.82) is 0 Å². The molecular formula is C18H26FN3O3. The quantitative estimate of drug-likeness (QED) is 0.811. The van der Waals surface area contributed by atoms with Crippen molar-refractivity contribution < 1.29 is 19.1 Å². The summed E-state index contributed by atoms with van der Waals surface area (Å²) in [4.78, 5) is 27.5. The Balaban J connectivity index is 1.99. The summed E-state index contributed by atoms with van der Waals surface area (Å²) in [6.45, 7) is 8.11. The fourth-order valence-electron chi connectivity index (χ4n) is 3.10. The monoisotopic (exact) mass is 351 g/mol. The van der Waals surface area contributed by atoms with Crippen molar-refractivity contribution in [3.05, 3.63) is 35.1 Å². The SMILES string of the molecule is Cc1cc([C@H](C(=O)O)N2CCN(CC(=O)NC(C)C)CC2)ccc1F. The van der Waals surface area contributed by atoms with Gasteiger partial charge in [-0.2, -0.15) is 0 Å². The van der Waals surface area contributed by atoms with Gasteiger partial charge in [-0.05, 0) is 38.0 Å². The number of amides is 1. The Morgan fingerprint density at radius 2 is 1.88 bits per heavy atom.